The third-order valence-electron chi connectivity index (χ3n) is 9.00. The first-order valence-electron chi connectivity index (χ1n) is 16.4. The zero-order chi connectivity index (χ0) is 32.6. The number of hydrogen-bond acceptors (Lipinski definition) is 4. The molecule has 49 heavy (non-hydrogen) atoms. The predicted molar refractivity (Wildman–Crippen MR) is 205 cm³/mol. The number of nitrogens with zero attached hydrogens (tertiary/aromatic N) is 3. The second kappa shape index (κ2) is 12.4. The molecule has 0 unspecified atom stereocenters. The molecule has 0 aliphatic carbocycles. The highest BCUT2D eigenvalue weighted by Gasteiger charge is 2.18. The van der Waals surface area contributed by atoms with Crippen LogP contribution in [0.4, 0.5) is 0 Å². The van der Waals surface area contributed by atoms with Crippen molar-refractivity contribution in [1.29, 1.82) is 0 Å². The zero-order valence-corrected chi connectivity index (χ0v) is 27.3. The Morgan fingerprint density at radius 3 is 1.41 bits per heavy atom. The summed E-state index contributed by atoms with van der Waals surface area (Å²) in [5.74, 6) is 1.98. The van der Waals surface area contributed by atoms with Crippen molar-refractivity contribution in [2.75, 3.05) is 0 Å². The van der Waals surface area contributed by atoms with Crippen molar-refractivity contribution in [3.8, 4) is 67.5 Å². The maximum absolute atomic E-state index is 5.19. The van der Waals surface area contributed by atoms with Crippen LogP contribution in [0.1, 0.15) is 0 Å². The summed E-state index contributed by atoms with van der Waals surface area (Å²) < 4.78 is 2.43. The summed E-state index contributed by atoms with van der Waals surface area (Å²) in [6.07, 6.45) is 0. The van der Waals surface area contributed by atoms with Crippen LogP contribution in [-0.2, 0) is 0 Å². The number of rotatable bonds is 6. The molecule has 0 amide bonds. The fourth-order valence-electron chi connectivity index (χ4n) is 6.51. The minimum absolute atomic E-state index is 0.651. The first-order valence-corrected chi connectivity index (χ1v) is 17.2. The van der Waals surface area contributed by atoms with Gasteiger partial charge in [-0.3, -0.25) is 0 Å². The molecule has 2 aromatic heterocycles. The SMILES string of the molecule is c1ccc(-c2ccc(-c3ccc(-c4ccccc4-c4nc(-c5ccccc5)nc(-c5cccc6c5sc5ccccc56)n4)cc3)cc2)cc1. The summed E-state index contributed by atoms with van der Waals surface area (Å²) in [4.78, 5) is 15.4. The molecule has 0 bridgehead atoms. The number of aromatic nitrogens is 3. The van der Waals surface area contributed by atoms with Gasteiger partial charge in [0.1, 0.15) is 0 Å². The van der Waals surface area contributed by atoms with Gasteiger partial charge in [-0.1, -0.05) is 164 Å². The maximum atomic E-state index is 5.19. The third-order valence-corrected chi connectivity index (χ3v) is 10.2. The predicted octanol–water partition coefficient (Wildman–Crippen LogP) is 12.2. The van der Waals surface area contributed by atoms with E-state index in [-0.39, 0.29) is 0 Å². The number of hydrogen-bond donors (Lipinski definition) is 0. The van der Waals surface area contributed by atoms with Crippen LogP contribution in [0.3, 0.4) is 0 Å². The summed E-state index contributed by atoms with van der Waals surface area (Å²) in [6.45, 7) is 0. The molecule has 0 saturated heterocycles. The van der Waals surface area contributed by atoms with Gasteiger partial charge in [0, 0.05) is 36.9 Å². The van der Waals surface area contributed by atoms with E-state index in [0.717, 1.165) is 27.8 Å². The quantitative estimate of drug-likeness (QED) is 0.181. The van der Waals surface area contributed by atoms with E-state index in [1.54, 1.807) is 11.3 Å². The van der Waals surface area contributed by atoms with Crippen molar-refractivity contribution in [1.82, 2.24) is 15.0 Å². The molecular formula is C45H29N3S. The molecular weight excluding hydrogens is 615 g/mol. The fraction of sp³-hybridized carbons (Fsp3) is 0. The molecule has 0 fully saturated rings. The Bertz CT molecular complexity index is 2570. The molecule has 9 rings (SSSR count). The number of fused-ring (bicyclic) bond motifs is 3. The van der Waals surface area contributed by atoms with Gasteiger partial charge >= 0.3 is 0 Å². The number of benzene rings is 7. The molecule has 7 aromatic carbocycles. The van der Waals surface area contributed by atoms with Crippen LogP contribution >= 0.6 is 11.3 Å². The van der Waals surface area contributed by atoms with Crippen LogP contribution in [0.5, 0.6) is 0 Å². The van der Waals surface area contributed by atoms with E-state index in [1.807, 2.05) is 24.3 Å². The summed E-state index contributed by atoms with van der Waals surface area (Å²) in [5, 5.41) is 2.47. The second-order valence-electron chi connectivity index (χ2n) is 12.0. The molecule has 4 heteroatoms. The number of thiophene rings is 1. The first kappa shape index (κ1) is 29.0. The normalized spacial score (nSPS) is 11.3. The molecule has 3 nitrogen and oxygen atoms in total. The van der Waals surface area contributed by atoms with Gasteiger partial charge in [0.2, 0.25) is 0 Å². The smallest absolute Gasteiger partial charge is 0.165 e. The Morgan fingerprint density at radius 2 is 0.735 bits per heavy atom. The third kappa shape index (κ3) is 5.48. The summed E-state index contributed by atoms with van der Waals surface area (Å²) >= 11 is 1.79. The summed E-state index contributed by atoms with van der Waals surface area (Å²) in [5.41, 5.74) is 9.90. The van der Waals surface area contributed by atoms with Gasteiger partial charge < -0.3 is 0 Å². The highest BCUT2D eigenvalue weighted by Crippen LogP contribution is 2.40. The molecule has 230 valence electrons. The van der Waals surface area contributed by atoms with Crippen molar-refractivity contribution in [2.45, 2.75) is 0 Å². The van der Waals surface area contributed by atoms with Crippen LogP contribution in [0, 0.1) is 0 Å². The standard InChI is InChI=1S/C45H29N3S/c1-3-12-30(13-4-1)31-22-24-32(25-23-31)33-26-28-34(29-27-33)36-16-7-8-18-39(36)44-46-43(35-14-5-2-6-15-35)47-45(48-44)40-20-11-19-38-37-17-9-10-21-41(37)49-42(38)40/h1-29H. The molecule has 0 aliphatic heterocycles. The van der Waals surface area contributed by atoms with Gasteiger partial charge in [-0.05, 0) is 45.5 Å². The lowest BCUT2D eigenvalue weighted by atomic mass is 9.95. The summed E-state index contributed by atoms with van der Waals surface area (Å²) in [7, 11) is 0. The van der Waals surface area contributed by atoms with Gasteiger partial charge in [0.25, 0.3) is 0 Å². The lowest BCUT2D eigenvalue weighted by Crippen LogP contribution is -2.01. The minimum atomic E-state index is 0.651. The Kier molecular flexibility index (Phi) is 7.34. The molecule has 0 aliphatic rings. The Balaban J connectivity index is 1.13. The molecule has 0 saturated carbocycles. The van der Waals surface area contributed by atoms with Crippen LogP contribution in [0.15, 0.2) is 176 Å². The van der Waals surface area contributed by atoms with Crippen molar-refractivity contribution in [3.63, 3.8) is 0 Å². The second-order valence-corrected chi connectivity index (χ2v) is 13.1. The largest absolute Gasteiger partial charge is 0.208 e. The first-order chi connectivity index (χ1) is 24.3. The zero-order valence-electron chi connectivity index (χ0n) is 26.5. The Hall–Kier alpha value is -6.23. The van der Waals surface area contributed by atoms with E-state index in [9.17, 15) is 0 Å². The molecule has 2 heterocycles. The van der Waals surface area contributed by atoms with E-state index >= 15 is 0 Å². The maximum Gasteiger partial charge on any atom is 0.165 e. The monoisotopic (exact) mass is 643 g/mol. The fourth-order valence-corrected chi connectivity index (χ4v) is 7.73. The van der Waals surface area contributed by atoms with E-state index in [0.29, 0.717) is 17.5 Å². The van der Waals surface area contributed by atoms with Gasteiger partial charge in [-0.25, -0.2) is 15.0 Å². The Morgan fingerprint density at radius 1 is 0.286 bits per heavy atom. The lowest BCUT2D eigenvalue weighted by Gasteiger charge is -2.13. The molecule has 0 radical (unpaired) electrons. The van der Waals surface area contributed by atoms with E-state index in [1.165, 1.54) is 42.4 Å². The molecule has 9 aromatic rings. The van der Waals surface area contributed by atoms with Gasteiger partial charge in [-0.2, -0.15) is 0 Å². The lowest BCUT2D eigenvalue weighted by molar-refractivity contribution is 1.08. The van der Waals surface area contributed by atoms with Crippen molar-refractivity contribution in [2.24, 2.45) is 0 Å². The van der Waals surface area contributed by atoms with E-state index < -0.39 is 0 Å². The molecule has 0 atom stereocenters. The molecule has 0 spiro atoms. The highest BCUT2D eigenvalue weighted by molar-refractivity contribution is 7.26. The van der Waals surface area contributed by atoms with Crippen molar-refractivity contribution in [3.05, 3.63) is 176 Å². The molecule has 0 N–H and O–H groups in total. The minimum Gasteiger partial charge on any atom is -0.208 e. The topological polar surface area (TPSA) is 38.7 Å². The van der Waals surface area contributed by atoms with Gasteiger partial charge in [-0.15, -0.1) is 11.3 Å². The summed E-state index contributed by atoms with van der Waals surface area (Å²) in [6, 6.07) is 61.6. The Labute approximate surface area is 288 Å². The van der Waals surface area contributed by atoms with Crippen molar-refractivity contribution < 1.29 is 0 Å². The van der Waals surface area contributed by atoms with Crippen LogP contribution in [0.25, 0.3) is 87.7 Å². The van der Waals surface area contributed by atoms with E-state index in [4.69, 9.17) is 15.0 Å². The van der Waals surface area contributed by atoms with Crippen LogP contribution < -0.4 is 0 Å². The van der Waals surface area contributed by atoms with E-state index in [2.05, 4.69) is 152 Å². The van der Waals surface area contributed by atoms with Gasteiger partial charge in [0.15, 0.2) is 17.5 Å². The highest BCUT2D eigenvalue weighted by atomic mass is 32.1. The van der Waals surface area contributed by atoms with Crippen molar-refractivity contribution >= 4 is 31.5 Å². The van der Waals surface area contributed by atoms with Gasteiger partial charge in [0.05, 0.1) is 0 Å². The van der Waals surface area contributed by atoms with Crippen LogP contribution in [-0.4, -0.2) is 15.0 Å². The average molecular weight is 644 g/mol. The average Bonchev–Trinajstić information content (AvgIpc) is 3.58. The van der Waals surface area contributed by atoms with Crippen LogP contribution in [0.2, 0.25) is 0 Å².